The molecule has 0 radical (unpaired) electrons. The summed E-state index contributed by atoms with van der Waals surface area (Å²) in [6.45, 7) is 9.19. The lowest BCUT2D eigenvalue weighted by Gasteiger charge is -2.20. The first-order valence-electron chi connectivity index (χ1n) is 14.3. The zero-order valence-corrected chi connectivity index (χ0v) is 25.0. The van der Waals surface area contributed by atoms with E-state index in [2.05, 4.69) is 10.3 Å². The average Bonchev–Trinajstić information content (AvgIpc) is 3.64. The number of thioether (sulfide) groups is 1. The number of aryl methyl sites for hydroxylation is 1. The Morgan fingerprint density at radius 1 is 1.10 bits per heavy atom. The molecular formula is C33H41FN4O2S. The van der Waals surface area contributed by atoms with Crippen molar-refractivity contribution in [2.45, 2.75) is 63.1 Å². The van der Waals surface area contributed by atoms with E-state index >= 15 is 0 Å². The smallest absolute Gasteiger partial charge is 0.209 e. The van der Waals surface area contributed by atoms with Crippen molar-refractivity contribution in [1.29, 1.82) is 0 Å². The van der Waals surface area contributed by atoms with E-state index in [-0.39, 0.29) is 5.82 Å². The normalized spacial score (nSPS) is 16.8. The van der Waals surface area contributed by atoms with Gasteiger partial charge in [-0.15, -0.1) is 11.8 Å². The zero-order chi connectivity index (χ0) is 29.4. The van der Waals surface area contributed by atoms with Crippen LogP contribution in [-0.2, 0) is 15.3 Å². The van der Waals surface area contributed by atoms with Crippen LogP contribution < -0.4 is 11.1 Å². The quantitative estimate of drug-likeness (QED) is 0.108. The van der Waals surface area contributed by atoms with Crippen LogP contribution in [-0.4, -0.2) is 48.3 Å². The Hall–Kier alpha value is -3.36. The fourth-order valence-electron chi connectivity index (χ4n) is 4.99. The first-order valence-corrected chi connectivity index (χ1v) is 15.3. The first-order chi connectivity index (χ1) is 19.8. The Kier molecular flexibility index (Phi) is 10.8. The van der Waals surface area contributed by atoms with Crippen LogP contribution in [0.3, 0.4) is 0 Å². The van der Waals surface area contributed by atoms with Crippen molar-refractivity contribution in [3.8, 4) is 0 Å². The summed E-state index contributed by atoms with van der Waals surface area (Å²) in [6.07, 6.45) is 8.80. The summed E-state index contributed by atoms with van der Waals surface area (Å²) in [5.74, 6) is 1.22. The van der Waals surface area contributed by atoms with E-state index in [0.29, 0.717) is 34.2 Å². The van der Waals surface area contributed by atoms with Gasteiger partial charge in [0.15, 0.2) is 6.29 Å². The molecule has 1 aromatic heterocycles. The molecule has 5 rings (SSSR count). The van der Waals surface area contributed by atoms with Crippen molar-refractivity contribution in [3.05, 3.63) is 81.9 Å². The van der Waals surface area contributed by atoms with Crippen molar-refractivity contribution in [2.24, 2.45) is 5.92 Å². The molecule has 2 heterocycles. The number of aromatic nitrogens is 1. The summed E-state index contributed by atoms with van der Waals surface area (Å²) in [7, 11) is 0. The van der Waals surface area contributed by atoms with Crippen LogP contribution >= 0.6 is 11.8 Å². The van der Waals surface area contributed by atoms with E-state index < -0.39 is 0 Å². The van der Waals surface area contributed by atoms with Gasteiger partial charge in [-0.05, 0) is 106 Å². The lowest BCUT2D eigenvalue weighted by atomic mass is 10.0. The van der Waals surface area contributed by atoms with Gasteiger partial charge in [0.1, 0.15) is 5.82 Å². The Morgan fingerprint density at radius 3 is 2.54 bits per heavy atom. The number of carbonyl (C=O) groups excluding carboxylic acids is 2. The summed E-state index contributed by atoms with van der Waals surface area (Å²) in [6, 6.07) is 12.8. The highest BCUT2D eigenvalue weighted by molar-refractivity contribution is 7.98. The Bertz CT molecular complexity index is 1380. The lowest BCUT2D eigenvalue weighted by molar-refractivity contribution is -0.118. The summed E-state index contributed by atoms with van der Waals surface area (Å²) in [4.78, 5) is 28.6. The molecular weight excluding hydrogens is 535 g/mol. The van der Waals surface area contributed by atoms with Crippen LogP contribution in [0, 0.1) is 32.5 Å². The number of nitrogens with zero attached hydrogens (tertiary/aromatic N) is 1. The number of likely N-dealkylation sites (tertiary alicyclic amines) is 1. The summed E-state index contributed by atoms with van der Waals surface area (Å²) >= 11 is 1.51. The van der Waals surface area contributed by atoms with Crippen LogP contribution in [0.5, 0.6) is 0 Å². The Balaban J connectivity index is 0.000000247. The molecule has 218 valence electrons. The zero-order valence-electron chi connectivity index (χ0n) is 24.2. The number of amides is 1. The number of rotatable bonds is 11. The third-order valence-electron chi connectivity index (χ3n) is 8.03. The van der Waals surface area contributed by atoms with Gasteiger partial charge in [0.25, 0.3) is 0 Å². The van der Waals surface area contributed by atoms with Gasteiger partial charge in [-0.2, -0.15) is 0 Å². The second kappa shape index (κ2) is 14.5. The molecule has 1 atom stereocenters. The lowest BCUT2D eigenvalue weighted by Crippen LogP contribution is -2.37. The highest BCUT2D eigenvalue weighted by Gasteiger charge is 2.24. The summed E-state index contributed by atoms with van der Waals surface area (Å²) in [5.41, 5.74) is 12.8. The number of nitrogens with two attached hydrogens (primary N) is 1. The number of halogens is 1. The maximum atomic E-state index is 13.8. The van der Waals surface area contributed by atoms with Gasteiger partial charge in [-0.1, -0.05) is 18.2 Å². The van der Waals surface area contributed by atoms with Crippen molar-refractivity contribution < 1.29 is 14.0 Å². The molecule has 1 aliphatic heterocycles. The topological polar surface area (TPSA) is 91.2 Å². The molecule has 2 fully saturated rings. The van der Waals surface area contributed by atoms with E-state index in [4.69, 9.17) is 5.73 Å². The second-order valence-corrected chi connectivity index (χ2v) is 12.1. The van der Waals surface area contributed by atoms with E-state index in [1.165, 1.54) is 49.1 Å². The number of benzene rings is 2. The van der Waals surface area contributed by atoms with Crippen LogP contribution in [0.15, 0.2) is 47.4 Å². The summed E-state index contributed by atoms with van der Waals surface area (Å²) < 4.78 is 13.8. The second-order valence-electron chi connectivity index (χ2n) is 11.0. The average molecular weight is 577 g/mol. The van der Waals surface area contributed by atoms with E-state index in [1.54, 1.807) is 18.2 Å². The van der Waals surface area contributed by atoms with Gasteiger partial charge >= 0.3 is 0 Å². The van der Waals surface area contributed by atoms with Crippen molar-refractivity contribution in [3.63, 3.8) is 0 Å². The molecule has 8 heteroatoms. The van der Waals surface area contributed by atoms with Gasteiger partial charge in [0.2, 0.25) is 6.41 Å². The number of carbonyl (C=O) groups is 2. The van der Waals surface area contributed by atoms with Gasteiger partial charge in [0, 0.05) is 58.0 Å². The molecule has 1 aliphatic carbocycles. The molecule has 2 aromatic carbocycles. The number of nitrogen functional groups attached to an aromatic ring is 1. The van der Waals surface area contributed by atoms with Gasteiger partial charge < -0.3 is 20.9 Å². The van der Waals surface area contributed by atoms with E-state index in [0.717, 1.165) is 60.1 Å². The molecule has 0 spiro atoms. The number of hydrogen-bond acceptors (Lipinski definition) is 5. The van der Waals surface area contributed by atoms with Crippen LogP contribution in [0.1, 0.15) is 59.3 Å². The molecule has 41 heavy (non-hydrogen) atoms. The summed E-state index contributed by atoms with van der Waals surface area (Å²) in [5, 5.41) is 3.45. The molecule has 1 unspecified atom stereocenters. The number of H-pyrrole nitrogens is 1. The number of hydrogen-bond donors (Lipinski definition) is 3. The van der Waals surface area contributed by atoms with E-state index in [9.17, 15) is 14.0 Å². The first kappa shape index (κ1) is 30.6. The van der Waals surface area contributed by atoms with Crippen LogP contribution in [0.4, 0.5) is 10.1 Å². The number of aldehydes is 1. The minimum Gasteiger partial charge on any atom is -0.398 e. The fraction of sp³-hybridized carbons (Fsp3) is 0.394. The minimum absolute atomic E-state index is 0.216. The minimum atomic E-state index is -0.216. The molecule has 1 saturated heterocycles. The number of anilines is 1. The highest BCUT2D eigenvalue weighted by atomic mass is 32.2. The number of aromatic amines is 1. The van der Waals surface area contributed by atoms with E-state index in [1.807, 2.05) is 49.9 Å². The van der Waals surface area contributed by atoms with Gasteiger partial charge in [-0.3, -0.25) is 9.59 Å². The van der Waals surface area contributed by atoms with Gasteiger partial charge in [0.05, 0.1) is 0 Å². The predicted octanol–water partition coefficient (Wildman–Crippen LogP) is 6.30. The van der Waals surface area contributed by atoms with Crippen molar-refractivity contribution in [2.75, 3.05) is 25.4 Å². The molecule has 1 saturated carbocycles. The third-order valence-corrected chi connectivity index (χ3v) is 9.08. The molecule has 6 nitrogen and oxygen atoms in total. The third kappa shape index (κ3) is 8.33. The predicted molar refractivity (Wildman–Crippen MR) is 167 cm³/mol. The largest absolute Gasteiger partial charge is 0.398 e. The number of allylic oxidation sites excluding steroid dienone is 1. The molecule has 3 aromatic rings. The SMILES string of the molecule is Cc1[nH]c(/C=C(\C=O)c2cc(SCc3ccccc3F)ccc2N)c(C)c1C.O=CN1CCCC1CNCC1CC1. The molecule has 1 amide bonds. The van der Waals surface area contributed by atoms with Crippen LogP contribution in [0.25, 0.3) is 11.6 Å². The maximum absolute atomic E-state index is 13.8. The fourth-order valence-corrected chi connectivity index (χ4v) is 5.91. The Labute approximate surface area is 247 Å². The molecule has 2 aliphatic rings. The van der Waals surface area contributed by atoms with Crippen molar-refractivity contribution >= 4 is 41.8 Å². The van der Waals surface area contributed by atoms with Crippen LogP contribution in [0.2, 0.25) is 0 Å². The number of nitrogens with one attached hydrogen (secondary N) is 2. The van der Waals surface area contributed by atoms with Gasteiger partial charge in [-0.25, -0.2) is 4.39 Å². The Morgan fingerprint density at radius 2 is 1.88 bits per heavy atom. The standard InChI is InChI=1S/C23H23FN2OS.C10H18N2O/c1-14-15(2)23(26-16(14)3)10-18(12-27)20-11-19(8-9-22(20)25)28-13-17-6-4-5-7-21(17)24;13-8-12-5-1-2-10(12)7-11-6-9-3-4-9/h4-12,26H,13,25H2,1-3H3;8-11H,1-7H2/b18-10+;. The van der Waals surface area contributed by atoms with Crippen molar-refractivity contribution in [1.82, 2.24) is 15.2 Å². The highest BCUT2D eigenvalue weighted by Crippen LogP contribution is 2.31. The monoisotopic (exact) mass is 576 g/mol. The molecule has 4 N–H and O–H groups in total. The molecule has 0 bridgehead atoms. The maximum Gasteiger partial charge on any atom is 0.209 e.